The summed E-state index contributed by atoms with van der Waals surface area (Å²) in [5.41, 5.74) is -1.41. The molecule has 1 rings (SSSR count). The predicted octanol–water partition coefficient (Wildman–Crippen LogP) is -0.464. The molecule has 0 bridgehead atoms. The average molecular weight is 207 g/mol. The van der Waals surface area contributed by atoms with E-state index in [9.17, 15) is 9.59 Å². The van der Waals surface area contributed by atoms with Crippen LogP contribution in [-0.2, 0) is 0 Å². The maximum atomic E-state index is 10.6. The summed E-state index contributed by atoms with van der Waals surface area (Å²) in [6.07, 6.45) is 0.973. The summed E-state index contributed by atoms with van der Waals surface area (Å²) >= 11 is 2.82. The number of halogens is 1. The first-order valence-electron chi connectivity index (χ1n) is 2.32. The van der Waals surface area contributed by atoms with Gasteiger partial charge in [-0.2, -0.15) is 0 Å². The van der Waals surface area contributed by atoms with Crippen LogP contribution in [0.25, 0.3) is 0 Å². The molecule has 1 aromatic heterocycles. The van der Waals surface area contributed by atoms with Crippen molar-refractivity contribution < 1.29 is 5.21 Å². The number of nitrogens with zero attached hydrogens (tertiary/aromatic N) is 1. The molecule has 0 unspecified atom stereocenters. The van der Waals surface area contributed by atoms with Crippen LogP contribution in [0.1, 0.15) is 0 Å². The van der Waals surface area contributed by atoms with Crippen LogP contribution in [0, 0.1) is 0 Å². The van der Waals surface area contributed by atoms with Gasteiger partial charge in [-0.15, -0.1) is 4.73 Å². The minimum Gasteiger partial charge on any atom is -0.424 e. The maximum Gasteiger partial charge on any atom is 0.361 e. The van der Waals surface area contributed by atoms with Crippen LogP contribution in [0.5, 0.6) is 0 Å². The molecule has 0 aliphatic rings. The molecule has 5 nitrogen and oxygen atoms in total. The summed E-state index contributed by atoms with van der Waals surface area (Å²) in [6, 6.07) is 0. The molecule has 0 saturated heterocycles. The number of aromatic amines is 1. The third-order valence-corrected chi connectivity index (χ3v) is 1.45. The minimum atomic E-state index is -0.854. The monoisotopic (exact) mass is 206 g/mol. The molecule has 0 atom stereocenters. The fourth-order valence-electron chi connectivity index (χ4n) is 0.439. The second kappa shape index (κ2) is 2.30. The van der Waals surface area contributed by atoms with Crippen LogP contribution in [0.3, 0.4) is 0 Å². The van der Waals surface area contributed by atoms with Crippen molar-refractivity contribution in [1.82, 2.24) is 9.71 Å². The summed E-state index contributed by atoms with van der Waals surface area (Å²) in [5.74, 6) is 0. The van der Waals surface area contributed by atoms with Crippen molar-refractivity contribution in [1.29, 1.82) is 0 Å². The lowest BCUT2D eigenvalue weighted by molar-refractivity contribution is 0.168. The van der Waals surface area contributed by atoms with Crippen molar-refractivity contribution in [3.8, 4) is 0 Å². The molecule has 0 spiro atoms. The fraction of sp³-hybridized carbons (Fsp3) is 0. The second-order valence-corrected chi connectivity index (χ2v) is 2.44. The highest BCUT2D eigenvalue weighted by atomic mass is 79.9. The summed E-state index contributed by atoms with van der Waals surface area (Å²) in [4.78, 5) is 22.9. The number of hydrogen-bond donors (Lipinski definition) is 2. The quantitative estimate of drug-likeness (QED) is 0.565. The molecule has 2 N–H and O–H groups in total. The van der Waals surface area contributed by atoms with Gasteiger partial charge in [0.2, 0.25) is 0 Å². The molecule has 0 aromatic carbocycles. The molecule has 0 fully saturated rings. The highest BCUT2D eigenvalue weighted by Gasteiger charge is 1.97. The zero-order chi connectivity index (χ0) is 7.72. The molecule has 54 valence electrons. The van der Waals surface area contributed by atoms with Crippen molar-refractivity contribution >= 4 is 15.9 Å². The van der Waals surface area contributed by atoms with E-state index in [0.717, 1.165) is 6.20 Å². The first kappa shape index (κ1) is 7.07. The molecular formula is C4H3BrN2O3. The largest absolute Gasteiger partial charge is 0.424 e. The molecule has 10 heavy (non-hydrogen) atoms. The number of aromatic nitrogens is 2. The van der Waals surface area contributed by atoms with E-state index in [1.807, 2.05) is 4.98 Å². The van der Waals surface area contributed by atoms with Gasteiger partial charge >= 0.3 is 5.69 Å². The first-order chi connectivity index (χ1) is 4.61. The molecule has 0 radical (unpaired) electrons. The Morgan fingerprint density at radius 1 is 1.60 bits per heavy atom. The van der Waals surface area contributed by atoms with Gasteiger partial charge in [0.05, 0.1) is 6.20 Å². The van der Waals surface area contributed by atoms with Crippen molar-refractivity contribution in [2.45, 2.75) is 0 Å². The van der Waals surface area contributed by atoms with Crippen LogP contribution < -0.4 is 11.2 Å². The highest BCUT2D eigenvalue weighted by Crippen LogP contribution is 1.95. The second-order valence-electron chi connectivity index (χ2n) is 1.58. The van der Waals surface area contributed by atoms with E-state index in [0.29, 0.717) is 0 Å². The van der Waals surface area contributed by atoms with Gasteiger partial charge in [0.1, 0.15) is 4.47 Å². The molecular weight excluding hydrogens is 204 g/mol. The zero-order valence-electron chi connectivity index (χ0n) is 4.67. The molecule has 0 aliphatic carbocycles. The molecule has 0 saturated carbocycles. The van der Waals surface area contributed by atoms with E-state index in [-0.39, 0.29) is 9.20 Å². The Labute approximate surface area is 63.0 Å². The Morgan fingerprint density at radius 3 is 2.70 bits per heavy atom. The smallest absolute Gasteiger partial charge is 0.361 e. The lowest BCUT2D eigenvalue weighted by atomic mass is 10.7. The van der Waals surface area contributed by atoms with Gasteiger partial charge in [0, 0.05) is 0 Å². The van der Waals surface area contributed by atoms with Crippen LogP contribution in [0.2, 0.25) is 0 Å². The van der Waals surface area contributed by atoms with Gasteiger partial charge < -0.3 is 5.21 Å². The Kier molecular flexibility index (Phi) is 1.62. The summed E-state index contributed by atoms with van der Waals surface area (Å²) < 4.78 is 0.389. The number of hydrogen-bond acceptors (Lipinski definition) is 3. The van der Waals surface area contributed by atoms with E-state index < -0.39 is 11.2 Å². The number of H-pyrrole nitrogens is 1. The van der Waals surface area contributed by atoms with Gasteiger partial charge in [0.15, 0.2) is 0 Å². The van der Waals surface area contributed by atoms with Crippen molar-refractivity contribution in [3.63, 3.8) is 0 Å². The van der Waals surface area contributed by atoms with E-state index in [4.69, 9.17) is 5.21 Å². The van der Waals surface area contributed by atoms with E-state index >= 15 is 0 Å². The SMILES string of the molecule is O=c1[nH]c(=O)n(O)cc1Br. The number of nitrogens with one attached hydrogen (secondary N) is 1. The van der Waals surface area contributed by atoms with Gasteiger partial charge in [0.25, 0.3) is 5.56 Å². The van der Waals surface area contributed by atoms with Crippen molar-refractivity contribution in [2.24, 2.45) is 0 Å². The molecule has 0 aliphatic heterocycles. The third-order valence-electron chi connectivity index (χ3n) is 0.881. The molecule has 1 aromatic rings. The number of rotatable bonds is 0. The summed E-state index contributed by atoms with van der Waals surface area (Å²) in [5, 5.41) is 8.63. The minimum absolute atomic E-state index is 0.106. The third kappa shape index (κ3) is 1.10. The van der Waals surface area contributed by atoms with Crippen molar-refractivity contribution in [3.05, 3.63) is 31.5 Å². The zero-order valence-corrected chi connectivity index (χ0v) is 6.25. The van der Waals surface area contributed by atoms with Gasteiger partial charge in [-0.3, -0.25) is 9.78 Å². The van der Waals surface area contributed by atoms with Gasteiger partial charge in [-0.25, -0.2) is 4.79 Å². The van der Waals surface area contributed by atoms with Crippen LogP contribution in [0.15, 0.2) is 20.3 Å². The van der Waals surface area contributed by atoms with Crippen LogP contribution in [0.4, 0.5) is 0 Å². The molecule has 0 amide bonds. The van der Waals surface area contributed by atoms with Gasteiger partial charge in [-0.1, -0.05) is 0 Å². The summed E-state index contributed by atoms with van der Waals surface area (Å²) in [6.45, 7) is 0. The molecule has 1 heterocycles. The Hall–Kier alpha value is -1.04. The van der Waals surface area contributed by atoms with Crippen molar-refractivity contribution in [2.75, 3.05) is 0 Å². The Bertz CT molecular complexity index is 321. The highest BCUT2D eigenvalue weighted by molar-refractivity contribution is 9.10. The van der Waals surface area contributed by atoms with E-state index in [2.05, 4.69) is 15.9 Å². The van der Waals surface area contributed by atoms with Crippen LogP contribution in [-0.4, -0.2) is 14.9 Å². The van der Waals surface area contributed by atoms with E-state index in [1.54, 1.807) is 0 Å². The van der Waals surface area contributed by atoms with E-state index in [1.165, 1.54) is 0 Å². The lowest BCUT2D eigenvalue weighted by Crippen LogP contribution is -2.28. The van der Waals surface area contributed by atoms with Gasteiger partial charge in [-0.05, 0) is 15.9 Å². The fourth-order valence-corrected chi connectivity index (χ4v) is 0.732. The van der Waals surface area contributed by atoms with Crippen LogP contribution >= 0.6 is 15.9 Å². The predicted molar refractivity (Wildman–Crippen MR) is 36.2 cm³/mol. The Morgan fingerprint density at radius 2 is 2.20 bits per heavy atom. The lowest BCUT2D eigenvalue weighted by Gasteiger charge is -1.92. The topological polar surface area (TPSA) is 75.1 Å². The Balaban J connectivity index is 3.59. The standard InChI is InChI=1S/C4H3BrN2O3/c5-2-1-7(10)4(9)6-3(2)8/h1,10H,(H,6,8,9). The molecule has 6 heteroatoms. The summed E-state index contributed by atoms with van der Waals surface area (Å²) in [7, 11) is 0. The average Bonchev–Trinajstić information content (AvgIpc) is 1.84. The normalized spacial score (nSPS) is 9.70. The maximum absolute atomic E-state index is 10.6. The first-order valence-corrected chi connectivity index (χ1v) is 3.11.